The van der Waals surface area contributed by atoms with Gasteiger partial charge < -0.3 is 21.1 Å². The number of fused-ring (bicyclic) bond motifs is 3. The number of likely N-dealkylation sites (N-methyl/N-ethyl adjacent to an activating group) is 1. The predicted octanol–water partition coefficient (Wildman–Crippen LogP) is 1.77. The van der Waals surface area contributed by atoms with E-state index in [1.165, 1.54) is 6.20 Å². The summed E-state index contributed by atoms with van der Waals surface area (Å²) in [5.74, 6) is 1.29. The van der Waals surface area contributed by atoms with Crippen molar-refractivity contribution in [2.24, 2.45) is 22.8 Å². The van der Waals surface area contributed by atoms with E-state index in [0.717, 1.165) is 33.3 Å². The van der Waals surface area contributed by atoms with Gasteiger partial charge in [0.2, 0.25) is 0 Å². The number of rotatable bonds is 7. The zero-order valence-corrected chi connectivity index (χ0v) is 21.0. The van der Waals surface area contributed by atoms with Gasteiger partial charge in [-0.05, 0) is 30.7 Å². The lowest BCUT2D eigenvalue weighted by atomic mass is 10.0. The van der Waals surface area contributed by atoms with Gasteiger partial charge in [-0.3, -0.25) is 19.1 Å². The van der Waals surface area contributed by atoms with Crippen molar-refractivity contribution in [1.29, 1.82) is 0 Å². The Kier molecular flexibility index (Phi) is 7.07. The standard InChI is InChI=1S/C26H32N8O2/c1-16-22(8-9-24(31-16)32(4)10-11-35)34-25-20-12-18(19(13-27)14-29-17(2)28-3)6-7-21(20)30-15-23(25)33(5)26(34)36/h6-9,12-16,22,28,35H,2,10-11,27H2,1,3-5H3/b19-13+,29-14?. The summed E-state index contributed by atoms with van der Waals surface area (Å²) in [5.41, 5.74) is 9.60. The van der Waals surface area contributed by atoms with Gasteiger partial charge in [0.1, 0.15) is 11.7 Å². The number of nitrogens with one attached hydrogen (secondary N) is 1. The van der Waals surface area contributed by atoms with E-state index in [-0.39, 0.29) is 24.4 Å². The Hall–Kier alpha value is -4.18. The molecule has 10 heteroatoms. The van der Waals surface area contributed by atoms with Gasteiger partial charge in [-0.15, -0.1) is 0 Å². The molecule has 3 aromatic rings. The van der Waals surface area contributed by atoms with Gasteiger partial charge in [-0.2, -0.15) is 0 Å². The Morgan fingerprint density at radius 1 is 1.42 bits per heavy atom. The second-order valence-electron chi connectivity index (χ2n) is 8.74. The number of allylic oxidation sites excluding steroid dienone is 1. The molecule has 1 aliphatic heterocycles. The van der Waals surface area contributed by atoms with Gasteiger partial charge in [0.25, 0.3) is 0 Å². The number of benzene rings is 1. The molecule has 0 aliphatic carbocycles. The molecule has 0 fully saturated rings. The van der Waals surface area contributed by atoms with Crippen LogP contribution in [0.3, 0.4) is 0 Å². The van der Waals surface area contributed by atoms with Gasteiger partial charge >= 0.3 is 5.69 Å². The van der Waals surface area contributed by atoms with Crippen LogP contribution in [-0.4, -0.2) is 69.5 Å². The predicted molar refractivity (Wildman–Crippen MR) is 146 cm³/mol. The molecular weight excluding hydrogens is 456 g/mol. The van der Waals surface area contributed by atoms with Gasteiger partial charge in [0.05, 0.1) is 41.4 Å². The van der Waals surface area contributed by atoms with Crippen LogP contribution in [0, 0.1) is 0 Å². The number of hydrogen-bond donors (Lipinski definition) is 3. The first-order valence-electron chi connectivity index (χ1n) is 11.7. The molecule has 1 aromatic carbocycles. The third-order valence-corrected chi connectivity index (χ3v) is 6.47. The number of amidine groups is 1. The third-order valence-electron chi connectivity index (χ3n) is 6.47. The summed E-state index contributed by atoms with van der Waals surface area (Å²) < 4.78 is 3.41. The van der Waals surface area contributed by atoms with E-state index >= 15 is 0 Å². The topological polar surface area (TPSA) is 126 Å². The van der Waals surface area contributed by atoms with E-state index in [1.54, 1.807) is 35.6 Å². The van der Waals surface area contributed by atoms with Crippen LogP contribution in [0.15, 0.2) is 69.9 Å². The zero-order chi connectivity index (χ0) is 26.0. The van der Waals surface area contributed by atoms with Crippen LogP contribution in [0.1, 0.15) is 18.5 Å². The third kappa shape index (κ3) is 4.42. The van der Waals surface area contributed by atoms with Crippen LogP contribution in [0.25, 0.3) is 27.5 Å². The van der Waals surface area contributed by atoms with Crippen molar-refractivity contribution < 1.29 is 5.11 Å². The summed E-state index contributed by atoms with van der Waals surface area (Å²) in [6.07, 6.45) is 8.77. The van der Waals surface area contributed by atoms with Crippen LogP contribution in [0.4, 0.5) is 0 Å². The minimum absolute atomic E-state index is 0.0400. The lowest BCUT2D eigenvalue weighted by Gasteiger charge is -2.27. The van der Waals surface area contributed by atoms with Crippen molar-refractivity contribution in [2.75, 3.05) is 27.2 Å². The van der Waals surface area contributed by atoms with E-state index < -0.39 is 0 Å². The second-order valence-corrected chi connectivity index (χ2v) is 8.74. The molecule has 0 saturated heterocycles. The minimum atomic E-state index is -0.285. The van der Waals surface area contributed by atoms with Crippen LogP contribution in [0.5, 0.6) is 0 Å². The van der Waals surface area contributed by atoms with E-state index in [2.05, 4.69) is 21.9 Å². The number of hydrogen-bond acceptors (Lipinski definition) is 8. The molecule has 10 nitrogen and oxygen atoms in total. The molecule has 36 heavy (non-hydrogen) atoms. The van der Waals surface area contributed by atoms with E-state index in [0.29, 0.717) is 17.9 Å². The summed E-state index contributed by atoms with van der Waals surface area (Å²) in [7, 11) is 5.38. The summed E-state index contributed by atoms with van der Waals surface area (Å²) in [6.45, 7) is 6.32. The Morgan fingerprint density at radius 3 is 2.86 bits per heavy atom. The molecule has 0 spiro atoms. The Bertz CT molecular complexity index is 1490. The molecule has 188 valence electrons. The number of aliphatic imine (C=N–C) groups is 2. The Morgan fingerprint density at radius 2 is 2.19 bits per heavy atom. The molecule has 0 saturated carbocycles. The van der Waals surface area contributed by atoms with E-state index in [9.17, 15) is 9.90 Å². The van der Waals surface area contributed by atoms with E-state index in [4.69, 9.17) is 10.7 Å². The molecule has 0 amide bonds. The largest absolute Gasteiger partial charge is 0.404 e. The van der Waals surface area contributed by atoms with Crippen molar-refractivity contribution in [3.8, 4) is 0 Å². The average Bonchev–Trinajstić information content (AvgIpc) is 3.14. The summed E-state index contributed by atoms with van der Waals surface area (Å²) in [5, 5.41) is 13.0. The van der Waals surface area contributed by atoms with Crippen LogP contribution < -0.4 is 16.7 Å². The first-order chi connectivity index (χ1) is 17.3. The maximum atomic E-state index is 13.5. The van der Waals surface area contributed by atoms with Gasteiger partial charge in [-0.1, -0.05) is 18.7 Å². The lowest BCUT2D eigenvalue weighted by molar-refractivity contribution is 0.263. The van der Waals surface area contributed by atoms with Gasteiger partial charge in [0.15, 0.2) is 0 Å². The minimum Gasteiger partial charge on any atom is -0.404 e. The fraction of sp³-hybridized carbons (Fsp3) is 0.308. The lowest BCUT2D eigenvalue weighted by Crippen LogP contribution is -2.36. The van der Waals surface area contributed by atoms with Crippen molar-refractivity contribution in [3.05, 3.63) is 71.2 Å². The zero-order valence-electron chi connectivity index (χ0n) is 21.0. The smallest absolute Gasteiger partial charge is 0.329 e. The number of pyridine rings is 1. The Labute approximate surface area is 209 Å². The molecule has 2 unspecified atom stereocenters. The molecule has 4 N–H and O–H groups in total. The van der Waals surface area contributed by atoms with Crippen LogP contribution in [0.2, 0.25) is 0 Å². The maximum absolute atomic E-state index is 13.5. The highest BCUT2D eigenvalue weighted by Gasteiger charge is 2.27. The van der Waals surface area contributed by atoms with Gasteiger partial charge in [0, 0.05) is 51.1 Å². The molecule has 1 aliphatic rings. The number of nitrogens with zero attached hydrogens (tertiary/aromatic N) is 6. The van der Waals surface area contributed by atoms with Crippen molar-refractivity contribution in [2.45, 2.75) is 19.0 Å². The summed E-state index contributed by atoms with van der Waals surface area (Å²) >= 11 is 0. The van der Waals surface area contributed by atoms with Crippen molar-refractivity contribution in [1.82, 2.24) is 24.3 Å². The quantitative estimate of drug-likeness (QED) is 0.435. The number of imidazole rings is 1. The maximum Gasteiger partial charge on any atom is 0.329 e. The first-order valence-corrected chi connectivity index (χ1v) is 11.7. The van der Waals surface area contributed by atoms with Gasteiger partial charge in [-0.25, -0.2) is 9.79 Å². The fourth-order valence-corrected chi connectivity index (χ4v) is 4.37. The van der Waals surface area contributed by atoms with Crippen LogP contribution in [-0.2, 0) is 7.05 Å². The molecule has 4 rings (SSSR count). The number of aliphatic hydroxyl groups excluding tert-OH is 1. The van der Waals surface area contributed by atoms with Crippen molar-refractivity contribution in [3.63, 3.8) is 0 Å². The van der Waals surface area contributed by atoms with Crippen LogP contribution >= 0.6 is 0 Å². The number of aryl methyl sites for hydroxylation is 1. The second kappa shape index (κ2) is 10.2. The highest BCUT2D eigenvalue weighted by molar-refractivity contribution is 6.12. The molecule has 0 bridgehead atoms. The normalized spacial score (nSPS) is 18.2. The van der Waals surface area contributed by atoms with E-state index in [1.807, 2.05) is 49.2 Å². The molecule has 2 aromatic heterocycles. The molecule has 3 heterocycles. The molecule has 0 radical (unpaired) electrons. The fourth-order valence-electron chi connectivity index (χ4n) is 4.37. The highest BCUT2D eigenvalue weighted by Crippen LogP contribution is 2.30. The number of aromatic nitrogens is 3. The van der Waals surface area contributed by atoms with Crippen molar-refractivity contribution >= 4 is 39.6 Å². The monoisotopic (exact) mass is 488 g/mol. The molecule has 2 atom stereocenters. The number of dihydropyridines is 1. The summed E-state index contributed by atoms with van der Waals surface area (Å²) in [6, 6.07) is 5.34. The number of nitrogens with two attached hydrogens (primary N) is 1. The highest BCUT2D eigenvalue weighted by atomic mass is 16.3. The first kappa shape index (κ1) is 24.9. The molecular formula is C26H32N8O2. The average molecular weight is 489 g/mol. The SMILES string of the molecule is C=C(N=C/C(=C\N)c1ccc2ncc3c(c2c1)n(C1C=CC(N(C)CCO)=NC1C)c(=O)n3C)NC. The number of aliphatic hydroxyl groups is 1. The summed E-state index contributed by atoms with van der Waals surface area (Å²) in [4.78, 5) is 29.1. The Balaban J connectivity index is 1.88.